The fourth-order valence-electron chi connectivity index (χ4n) is 1.62. The summed E-state index contributed by atoms with van der Waals surface area (Å²) in [5.41, 5.74) is 7.06. The van der Waals surface area contributed by atoms with E-state index in [9.17, 15) is 4.39 Å². The van der Waals surface area contributed by atoms with Crippen molar-refractivity contribution in [3.05, 3.63) is 35.6 Å². The van der Waals surface area contributed by atoms with Gasteiger partial charge in [-0.15, -0.1) is 0 Å². The zero-order chi connectivity index (χ0) is 11.8. The standard InChI is InChI=1S/C13H20FNO/c1-2-16-9-3-4-13(15)10-11-5-7-12(14)8-6-11/h5-8,13H,2-4,9-10,15H2,1H3. The minimum atomic E-state index is -0.200. The Morgan fingerprint density at radius 1 is 1.31 bits per heavy atom. The second kappa shape index (κ2) is 7.36. The van der Waals surface area contributed by atoms with E-state index in [4.69, 9.17) is 10.5 Å². The second-order valence-corrected chi connectivity index (χ2v) is 3.93. The molecule has 16 heavy (non-hydrogen) atoms. The lowest BCUT2D eigenvalue weighted by molar-refractivity contribution is 0.142. The summed E-state index contributed by atoms with van der Waals surface area (Å²) in [7, 11) is 0. The highest BCUT2D eigenvalue weighted by molar-refractivity contribution is 5.16. The van der Waals surface area contributed by atoms with Crippen molar-refractivity contribution in [2.75, 3.05) is 13.2 Å². The van der Waals surface area contributed by atoms with Crippen LogP contribution in [-0.4, -0.2) is 19.3 Å². The van der Waals surface area contributed by atoms with E-state index in [1.54, 1.807) is 12.1 Å². The normalized spacial score (nSPS) is 12.7. The van der Waals surface area contributed by atoms with Crippen molar-refractivity contribution in [2.24, 2.45) is 5.73 Å². The highest BCUT2D eigenvalue weighted by atomic mass is 19.1. The average Bonchev–Trinajstić information content (AvgIpc) is 2.28. The molecule has 0 aliphatic heterocycles. The zero-order valence-electron chi connectivity index (χ0n) is 9.79. The van der Waals surface area contributed by atoms with Gasteiger partial charge in [0, 0.05) is 19.3 Å². The molecule has 0 radical (unpaired) electrons. The summed E-state index contributed by atoms with van der Waals surface area (Å²) in [5, 5.41) is 0. The van der Waals surface area contributed by atoms with Gasteiger partial charge >= 0.3 is 0 Å². The van der Waals surface area contributed by atoms with Gasteiger partial charge in [-0.1, -0.05) is 12.1 Å². The first-order chi connectivity index (χ1) is 7.72. The molecule has 0 aliphatic rings. The monoisotopic (exact) mass is 225 g/mol. The summed E-state index contributed by atoms with van der Waals surface area (Å²) in [6.07, 6.45) is 2.72. The quantitative estimate of drug-likeness (QED) is 0.724. The summed E-state index contributed by atoms with van der Waals surface area (Å²) in [5.74, 6) is -0.200. The van der Waals surface area contributed by atoms with Crippen LogP contribution in [-0.2, 0) is 11.2 Å². The van der Waals surface area contributed by atoms with Gasteiger partial charge in [0.15, 0.2) is 0 Å². The molecule has 2 N–H and O–H groups in total. The number of halogens is 1. The van der Waals surface area contributed by atoms with Crippen LogP contribution in [0, 0.1) is 5.82 Å². The van der Waals surface area contributed by atoms with E-state index in [2.05, 4.69) is 0 Å². The van der Waals surface area contributed by atoms with Crippen molar-refractivity contribution in [1.29, 1.82) is 0 Å². The molecular weight excluding hydrogens is 205 g/mol. The Bertz CT molecular complexity index is 286. The molecule has 1 aromatic carbocycles. The third-order valence-electron chi connectivity index (χ3n) is 2.48. The predicted octanol–water partition coefficient (Wildman–Crippen LogP) is 2.51. The fraction of sp³-hybridized carbons (Fsp3) is 0.538. The Balaban J connectivity index is 2.23. The van der Waals surface area contributed by atoms with Crippen LogP contribution in [0.4, 0.5) is 4.39 Å². The zero-order valence-corrected chi connectivity index (χ0v) is 9.79. The molecule has 3 heteroatoms. The number of ether oxygens (including phenoxy) is 1. The van der Waals surface area contributed by atoms with Crippen molar-refractivity contribution in [1.82, 2.24) is 0 Å². The van der Waals surface area contributed by atoms with Gasteiger partial charge in [-0.25, -0.2) is 4.39 Å². The van der Waals surface area contributed by atoms with Crippen LogP contribution >= 0.6 is 0 Å². The maximum absolute atomic E-state index is 12.7. The molecule has 1 atom stereocenters. The number of benzene rings is 1. The molecule has 0 aliphatic carbocycles. The number of rotatable bonds is 7. The Morgan fingerprint density at radius 3 is 2.62 bits per heavy atom. The van der Waals surface area contributed by atoms with E-state index in [0.29, 0.717) is 0 Å². The van der Waals surface area contributed by atoms with Gasteiger partial charge < -0.3 is 10.5 Å². The number of hydrogen-bond donors (Lipinski definition) is 1. The predicted molar refractivity (Wildman–Crippen MR) is 63.8 cm³/mol. The second-order valence-electron chi connectivity index (χ2n) is 3.93. The minimum absolute atomic E-state index is 0.130. The lowest BCUT2D eigenvalue weighted by Crippen LogP contribution is -2.23. The van der Waals surface area contributed by atoms with Crippen LogP contribution in [0.5, 0.6) is 0 Å². The topological polar surface area (TPSA) is 35.2 Å². The molecule has 0 amide bonds. The summed E-state index contributed by atoms with van der Waals surface area (Å²) in [6, 6.07) is 6.66. The third kappa shape index (κ3) is 5.24. The Morgan fingerprint density at radius 2 is 2.00 bits per heavy atom. The molecule has 1 aromatic rings. The van der Waals surface area contributed by atoms with Gasteiger partial charge in [-0.3, -0.25) is 0 Å². The van der Waals surface area contributed by atoms with E-state index in [1.807, 2.05) is 6.92 Å². The van der Waals surface area contributed by atoms with Gasteiger partial charge in [0.2, 0.25) is 0 Å². The van der Waals surface area contributed by atoms with Gasteiger partial charge in [-0.05, 0) is 43.9 Å². The largest absolute Gasteiger partial charge is 0.382 e. The van der Waals surface area contributed by atoms with Crippen LogP contribution in [0.25, 0.3) is 0 Å². The van der Waals surface area contributed by atoms with Crippen LogP contribution in [0.1, 0.15) is 25.3 Å². The van der Waals surface area contributed by atoms with E-state index in [-0.39, 0.29) is 11.9 Å². The Kier molecular flexibility index (Phi) is 6.04. The van der Waals surface area contributed by atoms with Crippen LogP contribution in [0.15, 0.2) is 24.3 Å². The molecule has 0 bridgehead atoms. The van der Waals surface area contributed by atoms with Crippen LogP contribution in [0.3, 0.4) is 0 Å². The molecule has 0 heterocycles. The number of nitrogens with two attached hydrogens (primary N) is 1. The molecule has 2 nitrogen and oxygen atoms in total. The lowest BCUT2D eigenvalue weighted by atomic mass is 10.0. The maximum atomic E-state index is 12.7. The van der Waals surface area contributed by atoms with Crippen molar-refractivity contribution in [3.63, 3.8) is 0 Å². The smallest absolute Gasteiger partial charge is 0.123 e. The van der Waals surface area contributed by atoms with Gasteiger partial charge in [0.05, 0.1) is 0 Å². The minimum Gasteiger partial charge on any atom is -0.382 e. The molecule has 0 saturated heterocycles. The van der Waals surface area contributed by atoms with Crippen molar-refractivity contribution >= 4 is 0 Å². The molecular formula is C13H20FNO. The SMILES string of the molecule is CCOCCCC(N)Cc1ccc(F)cc1. The first-order valence-electron chi connectivity index (χ1n) is 5.80. The van der Waals surface area contributed by atoms with Crippen molar-refractivity contribution in [2.45, 2.75) is 32.2 Å². The highest BCUT2D eigenvalue weighted by Crippen LogP contribution is 2.07. The first-order valence-corrected chi connectivity index (χ1v) is 5.80. The Labute approximate surface area is 96.6 Å². The van der Waals surface area contributed by atoms with E-state index >= 15 is 0 Å². The highest BCUT2D eigenvalue weighted by Gasteiger charge is 2.04. The van der Waals surface area contributed by atoms with E-state index in [1.165, 1.54) is 12.1 Å². The molecule has 0 fully saturated rings. The summed E-state index contributed by atoms with van der Waals surface area (Å²) < 4.78 is 17.9. The molecule has 0 aromatic heterocycles. The van der Waals surface area contributed by atoms with E-state index < -0.39 is 0 Å². The maximum Gasteiger partial charge on any atom is 0.123 e. The van der Waals surface area contributed by atoms with Crippen molar-refractivity contribution < 1.29 is 9.13 Å². The van der Waals surface area contributed by atoms with E-state index in [0.717, 1.165) is 38.0 Å². The Hall–Kier alpha value is -0.930. The fourth-order valence-corrected chi connectivity index (χ4v) is 1.62. The lowest BCUT2D eigenvalue weighted by Gasteiger charge is -2.11. The average molecular weight is 225 g/mol. The van der Waals surface area contributed by atoms with Crippen LogP contribution in [0.2, 0.25) is 0 Å². The summed E-state index contributed by atoms with van der Waals surface area (Å²) >= 11 is 0. The van der Waals surface area contributed by atoms with Gasteiger partial charge in [0.25, 0.3) is 0 Å². The molecule has 1 rings (SSSR count). The molecule has 0 spiro atoms. The van der Waals surface area contributed by atoms with Gasteiger partial charge in [-0.2, -0.15) is 0 Å². The first kappa shape index (κ1) is 13.1. The summed E-state index contributed by atoms with van der Waals surface area (Å²) in [6.45, 7) is 3.51. The van der Waals surface area contributed by atoms with Crippen LogP contribution < -0.4 is 5.73 Å². The molecule has 90 valence electrons. The number of hydrogen-bond acceptors (Lipinski definition) is 2. The van der Waals surface area contributed by atoms with Crippen molar-refractivity contribution in [3.8, 4) is 0 Å². The van der Waals surface area contributed by atoms with Gasteiger partial charge in [0.1, 0.15) is 5.82 Å². The third-order valence-corrected chi connectivity index (χ3v) is 2.48. The molecule has 0 saturated carbocycles. The molecule has 1 unspecified atom stereocenters. The summed E-state index contributed by atoms with van der Waals surface area (Å²) in [4.78, 5) is 0.